The standard InChI is InChI=1S/C20H22ClFN4OS/c1-14(25(2)3)19-23-24-20(26(19)17-8-6-16(22)7-9-17)28-13-12-27-18-10-4-15(21)5-11-18/h4-11,14H,12-13H2,1-3H3/t14-/m1/s1. The molecule has 0 fully saturated rings. The van der Waals surface area contributed by atoms with E-state index in [0.29, 0.717) is 17.4 Å². The minimum Gasteiger partial charge on any atom is -0.493 e. The van der Waals surface area contributed by atoms with E-state index >= 15 is 0 Å². The van der Waals surface area contributed by atoms with Crippen molar-refractivity contribution in [1.29, 1.82) is 0 Å². The Bertz CT molecular complexity index is 900. The van der Waals surface area contributed by atoms with Crippen molar-refractivity contribution in [3.05, 3.63) is 65.2 Å². The van der Waals surface area contributed by atoms with Crippen LogP contribution in [0.4, 0.5) is 4.39 Å². The van der Waals surface area contributed by atoms with Crippen molar-refractivity contribution in [3.63, 3.8) is 0 Å². The van der Waals surface area contributed by atoms with Gasteiger partial charge in [-0.3, -0.25) is 9.47 Å². The molecule has 0 aliphatic carbocycles. The molecule has 0 bridgehead atoms. The lowest BCUT2D eigenvalue weighted by Crippen LogP contribution is -2.20. The van der Waals surface area contributed by atoms with E-state index in [2.05, 4.69) is 22.0 Å². The predicted molar refractivity (Wildman–Crippen MR) is 111 cm³/mol. The number of nitrogens with zero attached hydrogens (tertiary/aromatic N) is 4. The van der Waals surface area contributed by atoms with Gasteiger partial charge >= 0.3 is 0 Å². The van der Waals surface area contributed by atoms with Crippen LogP contribution in [0.25, 0.3) is 5.69 Å². The fraction of sp³-hybridized carbons (Fsp3) is 0.300. The smallest absolute Gasteiger partial charge is 0.196 e. The van der Waals surface area contributed by atoms with E-state index in [1.807, 2.05) is 30.8 Å². The molecular formula is C20H22ClFN4OS. The van der Waals surface area contributed by atoms with Crippen molar-refractivity contribution in [1.82, 2.24) is 19.7 Å². The van der Waals surface area contributed by atoms with Crippen molar-refractivity contribution in [2.75, 3.05) is 26.5 Å². The maximum absolute atomic E-state index is 13.4. The first-order chi connectivity index (χ1) is 13.5. The normalized spacial score (nSPS) is 12.4. The third-order valence-corrected chi connectivity index (χ3v) is 5.43. The summed E-state index contributed by atoms with van der Waals surface area (Å²) in [5, 5.41) is 10.2. The molecule has 0 spiro atoms. The summed E-state index contributed by atoms with van der Waals surface area (Å²) in [6.45, 7) is 2.57. The van der Waals surface area contributed by atoms with Crippen LogP contribution in [-0.2, 0) is 0 Å². The van der Waals surface area contributed by atoms with E-state index in [9.17, 15) is 4.39 Å². The molecule has 2 aromatic carbocycles. The lowest BCUT2D eigenvalue weighted by atomic mass is 10.2. The van der Waals surface area contributed by atoms with Crippen molar-refractivity contribution in [2.24, 2.45) is 0 Å². The largest absolute Gasteiger partial charge is 0.493 e. The zero-order valence-corrected chi connectivity index (χ0v) is 17.5. The van der Waals surface area contributed by atoms with Crippen LogP contribution in [0.3, 0.4) is 0 Å². The van der Waals surface area contributed by atoms with Gasteiger partial charge in [-0.1, -0.05) is 23.4 Å². The lowest BCUT2D eigenvalue weighted by Gasteiger charge is -2.20. The minimum absolute atomic E-state index is 0.0530. The van der Waals surface area contributed by atoms with Crippen LogP contribution in [0.1, 0.15) is 18.8 Å². The molecule has 1 atom stereocenters. The summed E-state index contributed by atoms with van der Waals surface area (Å²) in [6, 6.07) is 13.7. The van der Waals surface area contributed by atoms with Gasteiger partial charge in [-0.05, 0) is 69.6 Å². The Morgan fingerprint density at radius 3 is 2.43 bits per heavy atom. The summed E-state index contributed by atoms with van der Waals surface area (Å²) in [6.07, 6.45) is 0. The number of rotatable bonds is 8. The SMILES string of the molecule is C[C@H](c1nnc(SCCOc2ccc(Cl)cc2)n1-c1ccc(F)cc1)N(C)C. The minimum atomic E-state index is -0.274. The summed E-state index contributed by atoms with van der Waals surface area (Å²) in [7, 11) is 3.97. The van der Waals surface area contributed by atoms with Gasteiger partial charge in [-0.15, -0.1) is 10.2 Å². The van der Waals surface area contributed by atoms with Crippen LogP contribution in [-0.4, -0.2) is 46.1 Å². The summed E-state index contributed by atoms with van der Waals surface area (Å²) in [5.41, 5.74) is 0.830. The third kappa shape index (κ3) is 5.04. The van der Waals surface area contributed by atoms with Gasteiger partial charge in [0.05, 0.1) is 12.6 Å². The van der Waals surface area contributed by atoms with Gasteiger partial charge in [0, 0.05) is 16.5 Å². The molecule has 148 valence electrons. The summed E-state index contributed by atoms with van der Waals surface area (Å²) in [5.74, 6) is 1.99. The van der Waals surface area contributed by atoms with Crippen molar-refractivity contribution < 1.29 is 9.13 Å². The Kier molecular flexibility index (Phi) is 6.93. The molecule has 0 aliphatic rings. The number of halogens is 2. The molecule has 0 saturated heterocycles. The highest BCUT2D eigenvalue weighted by Gasteiger charge is 2.20. The highest BCUT2D eigenvalue weighted by atomic mass is 35.5. The van der Waals surface area contributed by atoms with Crippen molar-refractivity contribution in [2.45, 2.75) is 18.1 Å². The fourth-order valence-corrected chi connectivity index (χ4v) is 3.43. The maximum atomic E-state index is 13.4. The van der Waals surface area contributed by atoms with Crippen molar-refractivity contribution in [3.8, 4) is 11.4 Å². The molecule has 5 nitrogen and oxygen atoms in total. The molecular weight excluding hydrogens is 399 g/mol. The van der Waals surface area contributed by atoms with Crippen LogP contribution in [0.15, 0.2) is 53.7 Å². The fourth-order valence-electron chi connectivity index (χ4n) is 2.53. The van der Waals surface area contributed by atoms with Crippen LogP contribution >= 0.6 is 23.4 Å². The maximum Gasteiger partial charge on any atom is 0.196 e. The van der Waals surface area contributed by atoms with Crippen LogP contribution in [0, 0.1) is 5.82 Å². The van der Waals surface area contributed by atoms with E-state index in [-0.39, 0.29) is 11.9 Å². The highest BCUT2D eigenvalue weighted by Crippen LogP contribution is 2.27. The number of hydrogen-bond donors (Lipinski definition) is 0. The molecule has 0 unspecified atom stereocenters. The Hall–Kier alpha value is -2.09. The molecule has 28 heavy (non-hydrogen) atoms. The van der Waals surface area contributed by atoms with E-state index in [0.717, 1.165) is 22.4 Å². The number of ether oxygens (including phenoxy) is 1. The van der Waals surface area contributed by atoms with E-state index < -0.39 is 0 Å². The quantitative estimate of drug-likeness (QED) is 0.385. The second kappa shape index (κ2) is 9.41. The topological polar surface area (TPSA) is 43.2 Å². The van der Waals surface area contributed by atoms with E-state index in [1.54, 1.807) is 36.0 Å². The van der Waals surface area contributed by atoms with Gasteiger partial charge in [0.25, 0.3) is 0 Å². The molecule has 0 amide bonds. The number of hydrogen-bond acceptors (Lipinski definition) is 5. The Balaban J connectivity index is 1.74. The molecule has 1 aromatic heterocycles. The zero-order chi connectivity index (χ0) is 20.1. The Morgan fingerprint density at radius 1 is 1.11 bits per heavy atom. The summed E-state index contributed by atoms with van der Waals surface area (Å²) >= 11 is 7.43. The van der Waals surface area contributed by atoms with Gasteiger partial charge in [-0.25, -0.2) is 4.39 Å². The molecule has 0 saturated carbocycles. The summed E-state index contributed by atoms with van der Waals surface area (Å²) < 4.78 is 21.1. The average molecular weight is 421 g/mol. The first-order valence-electron chi connectivity index (χ1n) is 8.84. The Morgan fingerprint density at radius 2 is 1.79 bits per heavy atom. The van der Waals surface area contributed by atoms with Crippen LogP contribution in [0.2, 0.25) is 5.02 Å². The number of aromatic nitrogens is 3. The van der Waals surface area contributed by atoms with Gasteiger partial charge in [0.2, 0.25) is 0 Å². The zero-order valence-electron chi connectivity index (χ0n) is 16.0. The average Bonchev–Trinajstić information content (AvgIpc) is 3.10. The molecule has 3 aromatic rings. The van der Waals surface area contributed by atoms with Crippen LogP contribution in [0.5, 0.6) is 5.75 Å². The molecule has 0 aliphatic heterocycles. The molecule has 3 rings (SSSR count). The first kappa shape index (κ1) is 20.6. The summed E-state index contributed by atoms with van der Waals surface area (Å²) in [4.78, 5) is 2.06. The van der Waals surface area contributed by atoms with Gasteiger partial charge in [0.1, 0.15) is 11.6 Å². The molecule has 8 heteroatoms. The third-order valence-electron chi connectivity index (χ3n) is 4.29. The number of thioether (sulfide) groups is 1. The molecule has 0 N–H and O–H groups in total. The second-order valence-electron chi connectivity index (χ2n) is 6.44. The number of benzene rings is 2. The predicted octanol–water partition coefficient (Wildman–Crippen LogP) is 4.85. The van der Waals surface area contributed by atoms with E-state index in [1.165, 1.54) is 12.1 Å². The van der Waals surface area contributed by atoms with E-state index in [4.69, 9.17) is 16.3 Å². The van der Waals surface area contributed by atoms with Crippen molar-refractivity contribution >= 4 is 23.4 Å². The van der Waals surface area contributed by atoms with Gasteiger partial charge < -0.3 is 4.74 Å². The highest BCUT2D eigenvalue weighted by molar-refractivity contribution is 7.99. The monoisotopic (exact) mass is 420 g/mol. The molecule has 0 radical (unpaired) electrons. The van der Waals surface area contributed by atoms with Gasteiger partial charge in [0.15, 0.2) is 11.0 Å². The lowest BCUT2D eigenvalue weighted by molar-refractivity contribution is 0.305. The first-order valence-corrected chi connectivity index (χ1v) is 10.2. The van der Waals surface area contributed by atoms with Gasteiger partial charge in [-0.2, -0.15) is 0 Å². The second-order valence-corrected chi connectivity index (χ2v) is 7.94. The Labute approximate surface area is 173 Å². The molecule has 1 heterocycles. The van der Waals surface area contributed by atoms with Crippen LogP contribution < -0.4 is 4.74 Å².